The average molecular weight is 417 g/mol. The van der Waals surface area contributed by atoms with Gasteiger partial charge in [-0.25, -0.2) is 9.59 Å². The third-order valence-corrected chi connectivity index (χ3v) is 4.37. The number of carbonyl (C=O) groups is 5. The number of imide groups is 2. The van der Waals surface area contributed by atoms with E-state index in [1.54, 1.807) is 12.1 Å². The fraction of sp³-hybridized carbons (Fsp3) is 0.476. The maximum Gasteiger partial charge on any atom is 0.329 e. The number of urea groups is 1. The smallest absolute Gasteiger partial charge is 0.329 e. The van der Waals surface area contributed by atoms with Crippen LogP contribution < -0.4 is 10.6 Å². The molecule has 1 atom stereocenters. The molecule has 1 aliphatic heterocycles. The van der Waals surface area contributed by atoms with Gasteiger partial charge in [0.2, 0.25) is 0 Å². The van der Waals surface area contributed by atoms with Crippen molar-refractivity contribution in [2.24, 2.45) is 11.8 Å². The van der Waals surface area contributed by atoms with Crippen LogP contribution in [0.4, 0.5) is 4.79 Å². The molecular formula is C21H27N3O6. The van der Waals surface area contributed by atoms with Gasteiger partial charge in [-0.1, -0.05) is 39.8 Å². The van der Waals surface area contributed by atoms with E-state index < -0.39 is 42.4 Å². The maximum atomic E-state index is 12.7. The van der Waals surface area contributed by atoms with E-state index in [1.165, 1.54) is 12.1 Å². The van der Waals surface area contributed by atoms with Crippen LogP contribution in [0.15, 0.2) is 24.3 Å². The highest BCUT2D eigenvalue weighted by Gasteiger charge is 2.43. The van der Waals surface area contributed by atoms with Gasteiger partial charge in [0.25, 0.3) is 17.7 Å². The molecule has 0 fully saturated rings. The van der Waals surface area contributed by atoms with Gasteiger partial charge in [0, 0.05) is 6.54 Å². The zero-order valence-corrected chi connectivity index (χ0v) is 17.6. The molecule has 162 valence electrons. The zero-order chi connectivity index (χ0) is 22.4. The number of esters is 1. The van der Waals surface area contributed by atoms with Crippen molar-refractivity contribution in [2.45, 2.75) is 40.2 Å². The Morgan fingerprint density at radius 1 is 0.967 bits per heavy atom. The first kappa shape index (κ1) is 23.1. The summed E-state index contributed by atoms with van der Waals surface area (Å²) in [7, 11) is 0. The van der Waals surface area contributed by atoms with Crippen molar-refractivity contribution in [3.63, 3.8) is 0 Å². The highest BCUT2D eigenvalue weighted by atomic mass is 16.5. The topological polar surface area (TPSA) is 122 Å². The lowest BCUT2D eigenvalue weighted by atomic mass is 10.0. The quantitative estimate of drug-likeness (QED) is 0.491. The molecule has 1 unspecified atom stereocenters. The predicted octanol–water partition coefficient (Wildman–Crippen LogP) is 1.72. The van der Waals surface area contributed by atoms with Crippen LogP contribution in [0.2, 0.25) is 0 Å². The van der Waals surface area contributed by atoms with Crippen molar-refractivity contribution in [2.75, 3.05) is 13.2 Å². The fourth-order valence-electron chi connectivity index (χ4n) is 2.98. The summed E-state index contributed by atoms with van der Waals surface area (Å²) < 4.78 is 5.02. The molecule has 0 saturated carbocycles. The Balaban J connectivity index is 2.03. The number of ether oxygens (including phenoxy) is 1. The largest absolute Gasteiger partial charge is 0.454 e. The van der Waals surface area contributed by atoms with Crippen LogP contribution in [0.25, 0.3) is 0 Å². The van der Waals surface area contributed by atoms with Crippen LogP contribution in [-0.4, -0.2) is 53.8 Å². The molecule has 9 nitrogen and oxygen atoms in total. The van der Waals surface area contributed by atoms with E-state index in [-0.39, 0.29) is 29.4 Å². The first-order valence-electron chi connectivity index (χ1n) is 9.83. The predicted molar refractivity (Wildman–Crippen MR) is 108 cm³/mol. The number of nitrogens with zero attached hydrogens (tertiary/aromatic N) is 1. The van der Waals surface area contributed by atoms with Crippen LogP contribution in [0.1, 0.15) is 54.8 Å². The molecule has 0 saturated heterocycles. The highest BCUT2D eigenvalue weighted by molar-refractivity contribution is 6.22. The Bertz CT molecular complexity index is 814. The van der Waals surface area contributed by atoms with E-state index in [1.807, 2.05) is 27.7 Å². The fourth-order valence-corrected chi connectivity index (χ4v) is 2.98. The summed E-state index contributed by atoms with van der Waals surface area (Å²) in [5.74, 6) is -2.65. The van der Waals surface area contributed by atoms with Gasteiger partial charge in [-0.3, -0.25) is 24.6 Å². The number of fused-ring (bicyclic) bond motifs is 1. The number of nitrogens with one attached hydrogen (secondary N) is 2. The number of rotatable bonds is 8. The highest BCUT2D eigenvalue weighted by Crippen LogP contribution is 2.27. The molecule has 2 rings (SSSR count). The summed E-state index contributed by atoms with van der Waals surface area (Å²) >= 11 is 0. The summed E-state index contributed by atoms with van der Waals surface area (Å²) in [6.07, 6.45) is 0.181. The molecule has 1 aromatic carbocycles. The zero-order valence-electron chi connectivity index (χ0n) is 17.6. The second-order valence-corrected chi connectivity index (χ2v) is 7.93. The molecule has 0 radical (unpaired) electrons. The SMILES string of the molecule is CC(C)CNC(=O)NC(=O)COC(=O)C(CC(C)C)N1C(=O)c2ccccc2C1=O. The van der Waals surface area contributed by atoms with Crippen molar-refractivity contribution in [1.82, 2.24) is 15.5 Å². The maximum absolute atomic E-state index is 12.7. The average Bonchev–Trinajstić information content (AvgIpc) is 2.93. The van der Waals surface area contributed by atoms with Crippen molar-refractivity contribution < 1.29 is 28.7 Å². The van der Waals surface area contributed by atoms with Gasteiger partial charge in [0.05, 0.1) is 11.1 Å². The Morgan fingerprint density at radius 2 is 1.53 bits per heavy atom. The second kappa shape index (κ2) is 10.00. The summed E-state index contributed by atoms with van der Waals surface area (Å²) in [5, 5.41) is 4.56. The summed E-state index contributed by atoms with van der Waals surface area (Å²) in [4.78, 5) is 62.5. The summed E-state index contributed by atoms with van der Waals surface area (Å²) in [6.45, 7) is 7.16. The lowest BCUT2D eigenvalue weighted by molar-refractivity contribution is -0.152. The first-order chi connectivity index (χ1) is 14.1. The van der Waals surface area contributed by atoms with Crippen molar-refractivity contribution in [1.29, 1.82) is 0 Å². The minimum Gasteiger partial charge on any atom is -0.454 e. The van der Waals surface area contributed by atoms with Gasteiger partial charge in [-0.15, -0.1) is 0 Å². The minimum absolute atomic E-state index is 0.0255. The van der Waals surface area contributed by atoms with Crippen LogP contribution in [0.3, 0.4) is 0 Å². The van der Waals surface area contributed by atoms with Gasteiger partial charge in [-0.2, -0.15) is 0 Å². The van der Waals surface area contributed by atoms with E-state index in [9.17, 15) is 24.0 Å². The number of hydrogen-bond acceptors (Lipinski definition) is 6. The lowest BCUT2D eigenvalue weighted by Gasteiger charge is -2.25. The molecule has 30 heavy (non-hydrogen) atoms. The third-order valence-electron chi connectivity index (χ3n) is 4.37. The van der Waals surface area contributed by atoms with E-state index in [0.717, 1.165) is 4.90 Å². The Morgan fingerprint density at radius 3 is 2.03 bits per heavy atom. The van der Waals surface area contributed by atoms with Gasteiger partial charge >= 0.3 is 12.0 Å². The Labute approximate surface area is 175 Å². The van der Waals surface area contributed by atoms with Crippen LogP contribution in [-0.2, 0) is 14.3 Å². The standard InChI is InChI=1S/C21H27N3O6/c1-12(2)9-16(24-18(26)14-7-5-6-8-15(14)19(24)27)20(28)30-11-17(25)23-21(29)22-10-13(3)4/h5-8,12-13,16H,9-11H2,1-4H3,(H2,22,23,25,29). The molecule has 0 spiro atoms. The molecule has 0 aliphatic carbocycles. The van der Waals surface area contributed by atoms with Crippen LogP contribution in [0.5, 0.6) is 0 Å². The van der Waals surface area contributed by atoms with Gasteiger partial charge in [-0.05, 0) is 30.4 Å². The van der Waals surface area contributed by atoms with Crippen molar-refractivity contribution >= 4 is 29.7 Å². The van der Waals surface area contributed by atoms with Crippen LogP contribution >= 0.6 is 0 Å². The summed E-state index contributed by atoms with van der Waals surface area (Å²) in [5.41, 5.74) is 0.451. The monoisotopic (exact) mass is 417 g/mol. The number of carbonyl (C=O) groups excluding carboxylic acids is 5. The van der Waals surface area contributed by atoms with Crippen molar-refractivity contribution in [3.8, 4) is 0 Å². The van der Waals surface area contributed by atoms with E-state index in [0.29, 0.717) is 6.54 Å². The lowest BCUT2D eigenvalue weighted by Crippen LogP contribution is -2.47. The molecule has 1 aliphatic rings. The minimum atomic E-state index is -1.17. The molecule has 0 aromatic heterocycles. The molecular weight excluding hydrogens is 390 g/mol. The van der Waals surface area contributed by atoms with Crippen LogP contribution in [0, 0.1) is 11.8 Å². The number of benzene rings is 1. The van der Waals surface area contributed by atoms with Gasteiger partial charge < -0.3 is 10.1 Å². The third kappa shape index (κ3) is 5.65. The molecule has 5 amide bonds. The van der Waals surface area contributed by atoms with E-state index in [2.05, 4.69) is 10.6 Å². The second-order valence-electron chi connectivity index (χ2n) is 7.93. The van der Waals surface area contributed by atoms with Gasteiger partial charge in [0.1, 0.15) is 6.04 Å². The Kier molecular flexibility index (Phi) is 7.68. The van der Waals surface area contributed by atoms with E-state index >= 15 is 0 Å². The van der Waals surface area contributed by atoms with E-state index in [4.69, 9.17) is 4.74 Å². The molecule has 9 heteroatoms. The summed E-state index contributed by atoms with van der Waals surface area (Å²) in [6, 6.07) is 4.46. The van der Waals surface area contributed by atoms with Crippen molar-refractivity contribution in [3.05, 3.63) is 35.4 Å². The number of amides is 5. The first-order valence-corrected chi connectivity index (χ1v) is 9.83. The van der Waals surface area contributed by atoms with Gasteiger partial charge in [0.15, 0.2) is 6.61 Å². The Hall–Kier alpha value is -3.23. The molecule has 2 N–H and O–H groups in total. The molecule has 1 heterocycles. The normalized spacial score (nSPS) is 14.0. The molecule has 0 bridgehead atoms. The molecule has 1 aromatic rings. The number of hydrogen-bond donors (Lipinski definition) is 2.